The maximum Gasteiger partial charge on any atom is 0.258 e. The van der Waals surface area contributed by atoms with Crippen molar-refractivity contribution in [2.45, 2.75) is 44.9 Å². The van der Waals surface area contributed by atoms with Crippen LogP contribution < -0.4 is 24.0 Å². The van der Waals surface area contributed by atoms with E-state index in [2.05, 4.69) is 60.4 Å². The SMILES string of the molecule is COc1ccc(C(=O)N2c3ccccc3C(N3CCCc4cc(OCc5ccccc5)ccc43)CC2C)cc1OC. The third-order valence-corrected chi connectivity index (χ3v) is 8.24. The van der Waals surface area contributed by atoms with Gasteiger partial charge in [0.25, 0.3) is 5.91 Å². The molecule has 0 N–H and O–H groups in total. The summed E-state index contributed by atoms with van der Waals surface area (Å²) in [5.74, 6) is 2.02. The van der Waals surface area contributed by atoms with Crippen LogP contribution in [-0.4, -0.2) is 32.7 Å². The number of hydrogen-bond acceptors (Lipinski definition) is 5. The number of ether oxygens (including phenoxy) is 3. The first kappa shape index (κ1) is 26.8. The third kappa shape index (κ3) is 5.22. The molecule has 1 amide bonds. The summed E-state index contributed by atoms with van der Waals surface area (Å²) >= 11 is 0. The Balaban J connectivity index is 1.28. The number of carbonyl (C=O) groups excluding carboxylic acids is 1. The van der Waals surface area contributed by atoms with E-state index in [0.29, 0.717) is 23.7 Å². The minimum atomic E-state index is -0.0383. The molecule has 210 valence electrons. The highest BCUT2D eigenvalue weighted by molar-refractivity contribution is 6.07. The van der Waals surface area contributed by atoms with E-state index in [0.717, 1.165) is 42.8 Å². The summed E-state index contributed by atoms with van der Waals surface area (Å²) in [5, 5.41) is 0. The molecule has 2 unspecified atom stereocenters. The number of aryl methyl sites for hydroxylation is 1. The van der Waals surface area contributed by atoms with Crippen LogP contribution in [0.3, 0.4) is 0 Å². The Morgan fingerprint density at radius 2 is 1.63 bits per heavy atom. The number of anilines is 2. The van der Waals surface area contributed by atoms with E-state index in [-0.39, 0.29) is 18.0 Å². The quantitative estimate of drug-likeness (QED) is 0.244. The fourth-order valence-electron chi connectivity index (χ4n) is 6.25. The number of hydrogen-bond donors (Lipinski definition) is 0. The average Bonchev–Trinajstić information content (AvgIpc) is 3.02. The molecule has 0 bridgehead atoms. The van der Waals surface area contributed by atoms with E-state index in [4.69, 9.17) is 14.2 Å². The van der Waals surface area contributed by atoms with Crippen molar-refractivity contribution in [3.8, 4) is 17.2 Å². The average molecular weight is 549 g/mol. The molecule has 0 aliphatic carbocycles. The second-order valence-corrected chi connectivity index (χ2v) is 10.8. The number of methoxy groups -OCH3 is 2. The summed E-state index contributed by atoms with van der Waals surface area (Å²) in [6, 6.07) is 30.6. The van der Waals surface area contributed by atoms with Gasteiger partial charge in [0.2, 0.25) is 0 Å². The van der Waals surface area contributed by atoms with Gasteiger partial charge in [0.05, 0.1) is 20.3 Å². The molecule has 0 fully saturated rings. The predicted molar refractivity (Wildman–Crippen MR) is 163 cm³/mol. The van der Waals surface area contributed by atoms with Crippen LogP contribution in [0.15, 0.2) is 91.0 Å². The zero-order valence-corrected chi connectivity index (χ0v) is 23.9. The van der Waals surface area contributed by atoms with E-state index in [1.165, 1.54) is 16.8 Å². The molecular weight excluding hydrogens is 512 g/mol. The number of rotatable bonds is 7. The molecule has 2 aliphatic heterocycles. The monoisotopic (exact) mass is 548 g/mol. The second-order valence-electron chi connectivity index (χ2n) is 10.8. The number of carbonyl (C=O) groups is 1. The van der Waals surface area contributed by atoms with Gasteiger partial charge in [-0.15, -0.1) is 0 Å². The number of nitrogens with zero attached hydrogens (tertiary/aromatic N) is 2. The van der Waals surface area contributed by atoms with Crippen molar-refractivity contribution in [1.29, 1.82) is 0 Å². The molecule has 0 saturated heterocycles. The molecule has 6 rings (SSSR count). The van der Waals surface area contributed by atoms with Crippen LogP contribution in [0.1, 0.15) is 52.9 Å². The van der Waals surface area contributed by atoms with Crippen LogP contribution in [0.5, 0.6) is 17.2 Å². The van der Waals surface area contributed by atoms with Gasteiger partial charge in [0.15, 0.2) is 11.5 Å². The van der Waals surface area contributed by atoms with Gasteiger partial charge in [-0.3, -0.25) is 4.79 Å². The van der Waals surface area contributed by atoms with Crippen molar-refractivity contribution in [2.24, 2.45) is 0 Å². The normalized spacial score (nSPS) is 17.8. The van der Waals surface area contributed by atoms with E-state index >= 15 is 0 Å². The lowest BCUT2D eigenvalue weighted by Gasteiger charge is -2.46. The molecule has 2 heterocycles. The summed E-state index contributed by atoms with van der Waals surface area (Å²) in [6.07, 6.45) is 2.94. The Bertz CT molecular complexity index is 1540. The predicted octanol–water partition coefficient (Wildman–Crippen LogP) is 7.22. The van der Waals surface area contributed by atoms with Crippen LogP contribution in [0.2, 0.25) is 0 Å². The van der Waals surface area contributed by atoms with Crippen LogP contribution >= 0.6 is 0 Å². The smallest absolute Gasteiger partial charge is 0.258 e. The van der Waals surface area contributed by atoms with Gasteiger partial charge in [-0.25, -0.2) is 0 Å². The van der Waals surface area contributed by atoms with Crippen LogP contribution in [0, 0.1) is 0 Å². The van der Waals surface area contributed by atoms with Gasteiger partial charge in [0, 0.05) is 29.5 Å². The zero-order chi connectivity index (χ0) is 28.3. The summed E-state index contributed by atoms with van der Waals surface area (Å²) in [7, 11) is 3.18. The Kier molecular flexibility index (Phi) is 7.55. The Labute approximate surface area is 242 Å². The number of fused-ring (bicyclic) bond motifs is 2. The minimum absolute atomic E-state index is 0.00866. The third-order valence-electron chi connectivity index (χ3n) is 8.24. The topological polar surface area (TPSA) is 51.2 Å². The van der Waals surface area contributed by atoms with E-state index in [1.807, 2.05) is 35.2 Å². The molecule has 0 aromatic heterocycles. The molecule has 0 radical (unpaired) electrons. The Morgan fingerprint density at radius 1 is 0.854 bits per heavy atom. The Hall–Kier alpha value is -4.45. The molecule has 2 aliphatic rings. The number of benzene rings is 4. The number of amides is 1. The second kappa shape index (κ2) is 11.6. The van der Waals surface area contributed by atoms with E-state index in [9.17, 15) is 4.79 Å². The molecule has 4 aromatic rings. The summed E-state index contributed by atoms with van der Waals surface area (Å²) in [5.41, 5.74) is 6.45. The van der Waals surface area contributed by atoms with Crippen molar-refractivity contribution >= 4 is 17.3 Å². The first-order chi connectivity index (χ1) is 20.1. The van der Waals surface area contributed by atoms with E-state index in [1.54, 1.807) is 26.4 Å². The summed E-state index contributed by atoms with van der Waals surface area (Å²) in [6.45, 7) is 3.68. The first-order valence-corrected chi connectivity index (χ1v) is 14.3. The highest BCUT2D eigenvalue weighted by Crippen LogP contribution is 2.45. The van der Waals surface area contributed by atoms with Crippen molar-refractivity contribution in [1.82, 2.24) is 0 Å². The highest BCUT2D eigenvalue weighted by atomic mass is 16.5. The molecular formula is C35H36N2O4. The fraction of sp³-hybridized carbons (Fsp3) is 0.286. The van der Waals surface area contributed by atoms with Crippen LogP contribution in [0.25, 0.3) is 0 Å². The molecule has 6 heteroatoms. The summed E-state index contributed by atoms with van der Waals surface area (Å²) < 4.78 is 17.0. The zero-order valence-electron chi connectivity index (χ0n) is 23.9. The maximum atomic E-state index is 13.9. The Morgan fingerprint density at radius 3 is 2.44 bits per heavy atom. The molecule has 2 atom stereocenters. The fourth-order valence-corrected chi connectivity index (χ4v) is 6.25. The molecule has 0 spiro atoms. The lowest BCUT2D eigenvalue weighted by Crippen LogP contribution is -2.47. The van der Waals surface area contributed by atoms with Gasteiger partial charge >= 0.3 is 0 Å². The van der Waals surface area contributed by atoms with Crippen molar-refractivity contribution in [3.63, 3.8) is 0 Å². The van der Waals surface area contributed by atoms with Crippen molar-refractivity contribution < 1.29 is 19.0 Å². The van der Waals surface area contributed by atoms with Gasteiger partial charge < -0.3 is 24.0 Å². The van der Waals surface area contributed by atoms with Gasteiger partial charge in [-0.05, 0) is 85.3 Å². The van der Waals surface area contributed by atoms with Crippen LogP contribution in [-0.2, 0) is 13.0 Å². The molecule has 4 aromatic carbocycles. The van der Waals surface area contributed by atoms with Crippen LogP contribution in [0.4, 0.5) is 11.4 Å². The highest BCUT2D eigenvalue weighted by Gasteiger charge is 2.38. The van der Waals surface area contributed by atoms with Gasteiger partial charge in [-0.2, -0.15) is 0 Å². The minimum Gasteiger partial charge on any atom is -0.493 e. The van der Waals surface area contributed by atoms with Crippen molar-refractivity contribution in [2.75, 3.05) is 30.6 Å². The lowest BCUT2D eigenvalue weighted by molar-refractivity contribution is 0.0973. The lowest BCUT2D eigenvalue weighted by atomic mass is 9.87. The number of para-hydroxylation sites is 1. The summed E-state index contributed by atoms with van der Waals surface area (Å²) in [4.78, 5) is 18.4. The largest absolute Gasteiger partial charge is 0.493 e. The van der Waals surface area contributed by atoms with Crippen molar-refractivity contribution in [3.05, 3.63) is 113 Å². The first-order valence-electron chi connectivity index (χ1n) is 14.3. The molecule has 0 saturated carbocycles. The van der Waals surface area contributed by atoms with E-state index < -0.39 is 0 Å². The standard InChI is InChI=1S/C35H36N2O4/c1-24-20-32(36-19-9-12-26-21-28(16-17-30(26)36)41-23-25-10-5-4-6-11-25)29-13-7-8-14-31(29)37(24)35(38)27-15-18-33(39-2)34(22-27)40-3/h4-8,10-11,13-18,21-22,24,32H,9,12,19-20,23H2,1-3H3. The van der Waals surface area contributed by atoms with Gasteiger partial charge in [-0.1, -0.05) is 48.5 Å². The maximum absolute atomic E-state index is 13.9. The van der Waals surface area contributed by atoms with Gasteiger partial charge in [0.1, 0.15) is 12.4 Å². The molecule has 41 heavy (non-hydrogen) atoms. The molecule has 6 nitrogen and oxygen atoms in total.